The molecule has 0 aromatic heterocycles. The molecule has 1 saturated carbocycles. The first-order valence-electron chi connectivity index (χ1n) is 6.85. The minimum atomic E-state index is -0.0724. The number of hydrazine groups is 1. The van der Waals surface area contributed by atoms with Gasteiger partial charge in [-0.2, -0.15) is 0 Å². The third-order valence-electron chi connectivity index (χ3n) is 3.45. The Morgan fingerprint density at radius 3 is 2.76 bits per heavy atom. The van der Waals surface area contributed by atoms with E-state index in [1.807, 2.05) is 18.2 Å². The van der Waals surface area contributed by atoms with E-state index in [4.69, 9.17) is 10.6 Å². The van der Waals surface area contributed by atoms with Crippen LogP contribution in [0.25, 0.3) is 0 Å². The monoisotopic (exact) mass is 458 g/mol. The highest BCUT2D eigenvalue weighted by atomic mass is 127. The van der Waals surface area contributed by atoms with E-state index in [-0.39, 0.29) is 6.04 Å². The molecular weight excluding hydrogens is 443 g/mol. The largest absolute Gasteiger partial charge is 0.490 e. The van der Waals surface area contributed by atoms with Crippen molar-refractivity contribution in [1.82, 2.24) is 5.43 Å². The molecule has 0 bridgehead atoms. The van der Waals surface area contributed by atoms with Gasteiger partial charge in [0.2, 0.25) is 0 Å². The normalized spacial score (nSPS) is 15.8. The van der Waals surface area contributed by atoms with Crippen LogP contribution in [-0.4, -0.2) is 6.10 Å². The fourth-order valence-electron chi connectivity index (χ4n) is 2.25. The number of halogens is 2. The Hall–Kier alpha value is -0.630. The maximum Gasteiger partial charge on any atom is 0.120 e. The molecule has 1 atom stereocenters. The molecule has 3 nitrogen and oxygen atoms in total. The smallest absolute Gasteiger partial charge is 0.120 e. The Labute approximate surface area is 146 Å². The number of nitrogens with one attached hydrogen (secondary N) is 1. The minimum Gasteiger partial charge on any atom is -0.490 e. The summed E-state index contributed by atoms with van der Waals surface area (Å²) in [7, 11) is 0. The molecule has 1 aliphatic rings. The van der Waals surface area contributed by atoms with Crippen LogP contribution in [0, 0.1) is 3.57 Å². The summed E-state index contributed by atoms with van der Waals surface area (Å²) < 4.78 is 8.09. The molecule has 1 aliphatic carbocycles. The van der Waals surface area contributed by atoms with E-state index in [1.54, 1.807) is 0 Å². The van der Waals surface area contributed by atoms with E-state index in [2.05, 4.69) is 68.2 Å². The SMILES string of the molecule is NNC(c1cccc(OC2CC2)c1)c1cc(I)ccc1Br. The molecule has 5 heteroatoms. The first-order chi connectivity index (χ1) is 10.2. The fourth-order valence-corrected chi connectivity index (χ4v) is 3.24. The average Bonchev–Trinajstić information content (AvgIpc) is 3.28. The Kier molecular flexibility index (Phi) is 4.83. The van der Waals surface area contributed by atoms with Gasteiger partial charge < -0.3 is 4.74 Å². The van der Waals surface area contributed by atoms with E-state index in [0.29, 0.717) is 6.10 Å². The number of ether oxygens (including phenoxy) is 1. The van der Waals surface area contributed by atoms with Gasteiger partial charge in [-0.15, -0.1) is 0 Å². The molecule has 110 valence electrons. The molecule has 0 aliphatic heterocycles. The summed E-state index contributed by atoms with van der Waals surface area (Å²) in [5.74, 6) is 6.72. The van der Waals surface area contributed by atoms with Crippen molar-refractivity contribution < 1.29 is 4.74 Å². The quantitative estimate of drug-likeness (QED) is 0.402. The van der Waals surface area contributed by atoms with Crippen LogP contribution in [0.1, 0.15) is 30.0 Å². The molecule has 3 rings (SSSR count). The van der Waals surface area contributed by atoms with Crippen molar-refractivity contribution in [2.24, 2.45) is 5.84 Å². The summed E-state index contributed by atoms with van der Waals surface area (Å²) in [4.78, 5) is 0. The van der Waals surface area contributed by atoms with Gasteiger partial charge in [-0.05, 0) is 76.9 Å². The fraction of sp³-hybridized carbons (Fsp3) is 0.250. The molecule has 0 amide bonds. The van der Waals surface area contributed by atoms with Crippen molar-refractivity contribution in [3.63, 3.8) is 0 Å². The Morgan fingerprint density at radius 2 is 2.05 bits per heavy atom. The molecule has 0 heterocycles. The predicted octanol–water partition coefficient (Wildman–Crippen LogP) is 4.15. The Balaban J connectivity index is 1.93. The number of rotatable bonds is 5. The summed E-state index contributed by atoms with van der Waals surface area (Å²) in [6.45, 7) is 0. The second kappa shape index (κ2) is 6.64. The van der Waals surface area contributed by atoms with E-state index in [9.17, 15) is 0 Å². The summed E-state index contributed by atoms with van der Waals surface area (Å²) in [6, 6.07) is 14.3. The van der Waals surface area contributed by atoms with Crippen LogP contribution in [0.4, 0.5) is 0 Å². The lowest BCUT2D eigenvalue weighted by atomic mass is 9.99. The molecule has 3 N–H and O–H groups in total. The van der Waals surface area contributed by atoms with Gasteiger partial charge in [0.05, 0.1) is 12.1 Å². The molecule has 0 radical (unpaired) electrons. The van der Waals surface area contributed by atoms with E-state index >= 15 is 0 Å². The number of hydrogen-bond donors (Lipinski definition) is 2. The van der Waals surface area contributed by atoms with Crippen LogP contribution >= 0.6 is 38.5 Å². The molecule has 2 aromatic carbocycles. The highest BCUT2D eigenvalue weighted by Gasteiger charge is 2.24. The van der Waals surface area contributed by atoms with Gasteiger partial charge in [-0.3, -0.25) is 5.84 Å². The molecule has 1 fully saturated rings. The highest BCUT2D eigenvalue weighted by molar-refractivity contribution is 14.1. The van der Waals surface area contributed by atoms with Crippen molar-refractivity contribution in [2.75, 3.05) is 0 Å². The average molecular weight is 459 g/mol. The third kappa shape index (κ3) is 3.77. The van der Waals surface area contributed by atoms with Gasteiger partial charge in [-0.25, -0.2) is 5.43 Å². The maximum atomic E-state index is 5.87. The van der Waals surface area contributed by atoms with Crippen LogP contribution in [0.3, 0.4) is 0 Å². The lowest BCUT2D eigenvalue weighted by Crippen LogP contribution is -2.29. The predicted molar refractivity (Wildman–Crippen MR) is 96.1 cm³/mol. The van der Waals surface area contributed by atoms with Gasteiger partial charge in [-0.1, -0.05) is 28.1 Å². The molecule has 0 saturated heterocycles. The Morgan fingerprint density at radius 1 is 1.24 bits per heavy atom. The first-order valence-corrected chi connectivity index (χ1v) is 8.72. The highest BCUT2D eigenvalue weighted by Crippen LogP contribution is 2.32. The topological polar surface area (TPSA) is 47.3 Å². The second-order valence-electron chi connectivity index (χ2n) is 5.16. The van der Waals surface area contributed by atoms with Crippen LogP contribution in [0.15, 0.2) is 46.9 Å². The van der Waals surface area contributed by atoms with E-state index in [1.165, 1.54) is 3.57 Å². The lowest BCUT2D eigenvalue weighted by Gasteiger charge is -2.19. The van der Waals surface area contributed by atoms with Crippen molar-refractivity contribution in [3.05, 3.63) is 61.6 Å². The van der Waals surface area contributed by atoms with Gasteiger partial charge in [0.25, 0.3) is 0 Å². The number of hydrogen-bond acceptors (Lipinski definition) is 3. The standard InChI is InChI=1S/C16H16BrIN2O/c17-15-7-4-11(18)9-14(15)16(20-19)10-2-1-3-13(8-10)21-12-5-6-12/h1-4,7-9,12,16,20H,5-6,19H2. The third-order valence-corrected chi connectivity index (χ3v) is 4.85. The molecular formula is C16H16BrIN2O. The van der Waals surface area contributed by atoms with Crippen LogP contribution in [0.2, 0.25) is 0 Å². The molecule has 0 spiro atoms. The van der Waals surface area contributed by atoms with Crippen molar-refractivity contribution in [3.8, 4) is 5.75 Å². The molecule has 2 aromatic rings. The van der Waals surface area contributed by atoms with Crippen molar-refractivity contribution in [1.29, 1.82) is 0 Å². The van der Waals surface area contributed by atoms with Crippen molar-refractivity contribution in [2.45, 2.75) is 25.0 Å². The van der Waals surface area contributed by atoms with Crippen LogP contribution < -0.4 is 16.0 Å². The summed E-state index contributed by atoms with van der Waals surface area (Å²) in [5, 5.41) is 0. The second-order valence-corrected chi connectivity index (χ2v) is 7.26. The lowest BCUT2D eigenvalue weighted by molar-refractivity contribution is 0.302. The molecule has 1 unspecified atom stereocenters. The minimum absolute atomic E-state index is 0.0724. The van der Waals surface area contributed by atoms with Gasteiger partial charge >= 0.3 is 0 Å². The van der Waals surface area contributed by atoms with Crippen molar-refractivity contribution >= 4 is 38.5 Å². The summed E-state index contributed by atoms with van der Waals surface area (Å²) in [5.41, 5.74) is 5.12. The first kappa shape index (κ1) is 15.3. The van der Waals surface area contributed by atoms with Gasteiger partial charge in [0, 0.05) is 8.04 Å². The van der Waals surface area contributed by atoms with Gasteiger partial charge in [0.15, 0.2) is 0 Å². The van der Waals surface area contributed by atoms with Gasteiger partial charge in [0.1, 0.15) is 5.75 Å². The zero-order valence-electron chi connectivity index (χ0n) is 11.4. The zero-order chi connectivity index (χ0) is 14.8. The molecule has 21 heavy (non-hydrogen) atoms. The zero-order valence-corrected chi connectivity index (χ0v) is 15.1. The maximum absolute atomic E-state index is 5.87. The van der Waals surface area contributed by atoms with E-state index in [0.717, 1.165) is 34.2 Å². The Bertz CT molecular complexity index is 646. The summed E-state index contributed by atoms with van der Waals surface area (Å²) >= 11 is 5.92. The number of benzene rings is 2. The number of nitrogens with two attached hydrogens (primary N) is 1. The van der Waals surface area contributed by atoms with E-state index < -0.39 is 0 Å². The van der Waals surface area contributed by atoms with Crippen LogP contribution in [-0.2, 0) is 0 Å². The summed E-state index contributed by atoms with van der Waals surface area (Å²) in [6.07, 6.45) is 2.71. The van der Waals surface area contributed by atoms with Crippen LogP contribution in [0.5, 0.6) is 5.75 Å².